The zero-order valence-electron chi connectivity index (χ0n) is 11.2. The molecule has 0 amide bonds. The van der Waals surface area contributed by atoms with Crippen LogP contribution < -0.4 is 5.32 Å². The quantitative estimate of drug-likeness (QED) is 0.762. The van der Waals surface area contributed by atoms with Gasteiger partial charge in [-0.1, -0.05) is 13.3 Å². The van der Waals surface area contributed by atoms with E-state index in [1.807, 2.05) is 6.92 Å². The molecule has 0 aliphatic heterocycles. The van der Waals surface area contributed by atoms with E-state index in [2.05, 4.69) is 15.3 Å². The SMILES string of the molecule is Cc1nc(N[C@@H]2CCC[C@@]2(C)CO)ncc1C(=O)O. The molecule has 1 heterocycles. The summed E-state index contributed by atoms with van der Waals surface area (Å²) in [5.41, 5.74) is 0.388. The number of carboxylic acid groups (broad SMARTS) is 1. The fourth-order valence-electron chi connectivity index (χ4n) is 2.57. The van der Waals surface area contributed by atoms with E-state index in [1.165, 1.54) is 6.20 Å². The van der Waals surface area contributed by atoms with Crippen LogP contribution in [0.1, 0.15) is 42.2 Å². The van der Waals surface area contributed by atoms with Crippen LogP contribution in [0.5, 0.6) is 0 Å². The van der Waals surface area contributed by atoms with Gasteiger partial charge >= 0.3 is 5.97 Å². The van der Waals surface area contributed by atoms with Crippen LogP contribution in [0.3, 0.4) is 0 Å². The van der Waals surface area contributed by atoms with Crippen molar-refractivity contribution >= 4 is 11.9 Å². The molecule has 19 heavy (non-hydrogen) atoms. The van der Waals surface area contributed by atoms with Gasteiger partial charge in [0.2, 0.25) is 5.95 Å². The molecule has 1 aromatic heterocycles. The molecule has 0 spiro atoms. The second-order valence-electron chi connectivity index (χ2n) is 5.40. The molecule has 0 unspecified atom stereocenters. The van der Waals surface area contributed by atoms with Gasteiger partial charge in [0, 0.05) is 17.7 Å². The van der Waals surface area contributed by atoms with Gasteiger partial charge in [-0.2, -0.15) is 0 Å². The summed E-state index contributed by atoms with van der Waals surface area (Å²) in [6.45, 7) is 3.81. The highest BCUT2D eigenvalue weighted by atomic mass is 16.4. The lowest BCUT2D eigenvalue weighted by atomic mass is 9.86. The molecule has 2 atom stereocenters. The van der Waals surface area contributed by atoms with Crippen molar-refractivity contribution in [3.05, 3.63) is 17.5 Å². The van der Waals surface area contributed by atoms with Crippen LogP contribution in [0.15, 0.2) is 6.20 Å². The van der Waals surface area contributed by atoms with E-state index < -0.39 is 5.97 Å². The summed E-state index contributed by atoms with van der Waals surface area (Å²) >= 11 is 0. The van der Waals surface area contributed by atoms with Crippen LogP contribution in [-0.4, -0.2) is 38.8 Å². The number of anilines is 1. The van der Waals surface area contributed by atoms with Crippen LogP contribution in [0.2, 0.25) is 0 Å². The minimum atomic E-state index is -1.02. The second-order valence-corrected chi connectivity index (χ2v) is 5.40. The monoisotopic (exact) mass is 265 g/mol. The predicted molar refractivity (Wildman–Crippen MR) is 70.2 cm³/mol. The molecule has 0 radical (unpaired) electrons. The maximum absolute atomic E-state index is 10.9. The molecular formula is C13H19N3O3. The van der Waals surface area contributed by atoms with Gasteiger partial charge in [0.05, 0.1) is 17.9 Å². The Bertz CT molecular complexity index is 492. The zero-order chi connectivity index (χ0) is 14.0. The van der Waals surface area contributed by atoms with Crippen molar-refractivity contribution in [1.82, 2.24) is 9.97 Å². The number of nitrogens with zero attached hydrogens (tertiary/aromatic N) is 2. The summed E-state index contributed by atoms with van der Waals surface area (Å²) in [5, 5.41) is 21.6. The Morgan fingerprint density at radius 3 is 2.95 bits per heavy atom. The summed E-state index contributed by atoms with van der Waals surface area (Å²) in [6, 6.07) is 0.118. The van der Waals surface area contributed by atoms with Crippen molar-refractivity contribution in [1.29, 1.82) is 0 Å². The Labute approximate surface area is 111 Å². The molecule has 1 saturated carbocycles. The third-order valence-electron chi connectivity index (χ3n) is 3.96. The number of aliphatic hydroxyl groups excluding tert-OH is 1. The standard InChI is InChI=1S/C13H19N3O3/c1-8-9(11(18)19)6-14-12(15-8)16-10-4-3-5-13(10,2)7-17/h6,10,17H,3-5,7H2,1-2H3,(H,18,19)(H,14,15,16)/t10-,13+/m1/s1. The van der Waals surface area contributed by atoms with Crippen molar-refractivity contribution in [2.75, 3.05) is 11.9 Å². The van der Waals surface area contributed by atoms with E-state index in [0.717, 1.165) is 19.3 Å². The average molecular weight is 265 g/mol. The smallest absolute Gasteiger partial charge is 0.339 e. The van der Waals surface area contributed by atoms with Gasteiger partial charge < -0.3 is 15.5 Å². The summed E-state index contributed by atoms with van der Waals surface area (Å²) in [7, 11) is 0. The second kappa shape index (κ2) is 5.13. The number of carboxylic acids is 1. The normalized spacial score (nSPS) is 26.4. The van der Waals surface area contributed by atoms with Gasteiger partial charge in [-0.25, -0.2) is 14.8 Å². The van der Waals surface area contributed by atoms with Crippen molar-refractivity contribution in [2.24, 2.45) is 5.41 Å². The average Bonchev–Trinajstić information content (AvgIpc) is 2.71. The highest BCUT2D eigenvalue weighted by Gasteiger charge is 2.38. The van der Waals surface area contributed by atoms with Gasteiger partial charge in [-0.15, -0.1) is 0 Å². The third kappa shape index (κ3) is 2.68. The van der Waals surface area contributed by atoms with E-state index in [1.54, 1.807) is 6.92 Å². The van der Waals surface area contributed by atoms with Crippen molar-refractivity contribution in [2.45, 2.75) is 39.2 Å². The van der Waals surface area contributed by atoms with Crippen LogP contribution in [0, 0.1) is 12.3 Å². The fraction of sp³-hybridized carbons (Fsp3) is 0.615. The molecule has 3 N–H and O–H groups in total. The van der Waals surface area contributed by atoms with Gasteiger partial charge in [-0.05, 0) is 19.8 Å². The number of aliphatic hydroxyl groups is 1. The summed E-state index contributed by atoms with van der Waals surface area (Å²) in [4.78, 5) is 19.1. The lowest BCUT2D eigenvalue weighted by molar-refractivity contribution is 0.0695. The van der Waals surface area contributed by atoms with Crippen LogP contribution in [0.4, 0.5) is 5.95 Å². The van der Waals surface area contributed by atoms with Gasteiger partial charge in [0.15, 0.2) is 0 Å². The van der Waals surface area contributed by atoms with Crippen molar-refractivity contribution in [3.63, 3.8) is 0 Å². The van der Waals surface area contributed by atoms with E-state index >= 15 is 0 Å². The number of aryl methyl sites for hydroxylation is 1. The summed E-state index contributed by atoms with van der Waals surface area (Å²) < 4.78 is 0. The van der Waals surface area contributed by atoms with Crippen molar-refractivity contribution in [3.8, 4) is 0 Å². The van der Waals surface area contributed by atoms with E-state index in [4.69, 9.17) is 5.11 Å². The zero-order valence-corrected chi connectivity index (χ0v) is 11.2. The first-order valence-electron chi connectivity index (χ1n) is 6.40. The molecule has 6 heteroatoms. The Morgan fingerprint density at radius 2 is 2.37 bits per heavy atom. The Balaban J connectivity index is 2.16. The first kappa shape index (κ1) is 13.7. The fourth-order valence-corrected chi connectivity index (χ4v) is 2.57. The van der Waals surface area contributed by atoms with Crippen LogP contribution >= 0.6 is 0 Å². The maximum atomic E-state index is 10.9. The number of carbonyl (C=O) groups is 1. The van der Waals surface area contributed by atoms with E-state index in [9.17, 15) is 9.90 Å². The number of rotatable bonds is 4. The number of hydrogen-bond donors (Lipinski definition) is 3. The molecular weight excluding hydrogens is 246 g/mol. The highest BCUT2D eigenvalue weighted by molar-refractivity contribution is 5.88. The van der Waals surface area contributed by atoms with E-state index in [0.29, 0.717) is 11.6 Å². The topological polar surface area (TPSA) is 95.3 Å². The Hall–Kier alpha value is -1.69. The molecule has 104 valence electrons. The first-order chi connectivity index (χ1) is 8.96. The molecule has 1 aliphatic carbocycles. The minimum absolute atomic E-state index is 0.113. The van der Waals surface area contributed by atoms with Gasteiger partial charge in [0.25, 0.3) is 0 Å². The number of nitrogens with one attached hydrogen (secondary N) is 1. The Morgan fingerprint density at radius 1 is 1.63 bits per heavy atom. The maximum Gasteiger partial charge on any atom is 0.339 e. The third-order valence-corrected chi connectivity index (χ3v) is 3.96. The van der Waals surface area contributed by atoms with Gasteiger partial charge in [-0.3, -0.25) is 0 Å². The predicted octanol–water partition coefficient (Wildman–Crippen LogP) is 1.45. The van der Waals surface area contributed by atoms with Crippen LogP contribution in [0.25, 0.3) is 0 Å². The number of hydrogen-bond acceptors (Lipinski definition) is 5. The highest BCUT2D eigenvalue weighted by Crippen LogP contribution is 2.38. The van der Waals surface area contributed by atoms with E-state index in [-0.39, 0.29) is 23.6 Å². The molecule has 0 bridgehead atoms. The molecule has 1 fully saturated rings. The lowest BCUT2D eigenvalue weighted by Crippen LogP contribution is -2.37. The molecule has 0 saturated heterocycles. The lowest BCUT2D eigenvalue weighted by Gasteiger charge is -2.30. The minimum Gasteiger partial charge on any atom is -0.478 e. The Kier molecular flexibility index (Phi) is 3.71. The summed E-state index contributed by atoms with van der Waals surface area (Å²) in [5.74, 6) is -0.598. The van der Waals surface area contributed by atoms with Crippen molar-refractivity contribution < 1.29 is 15.0 Å². The molecule has 0 aromatic carbocycles. The molecule has 2 rings (SSSR count). The molecule has 1 aliphatic rings. The molecule has 1 aromatic rings. The first-order valence-corrected chi connectivity index (χ1v) is 6.40. The number of aromatic carboxylic acids is 1. The van der Waals surface area contributed by atoms with Gasteiger partial charge in [0.1, 0.15) is 0 Å². The number of aromatic nitrogens is 2. The largest absolute Gasteiger partial charge is 0.478 e. The summed E-state index contributed by atoms with van der Waals surface area (Å²) in [6.07, 6.45) is 4.30. The molecule has 6 nitrogen and oxygen atoms in total. The van der Waals surface area contributed by atoms with Crippen LogP contribution in [-0.2, 0) is 0 Å².